The summed E-state index contributed by atoms with van der Waals surface area (Å²) in [6.45, 7) is 3.75. The van der Waals surface area contributed by atoms with Crippen LogP contribution in [0, 0.1) is 0 Å². The molecule has 2 fully saturated rings. The number of aromatic nitrogens is 2. The van der Waals surface area contributed by atoms with Gasteiger partial charge in [-0.25, -0.2) is 14.8 Å². The highest BCUT2D eigenvalue weighted by atomic mass is 16.6. The Balaban J connectivity index is 1.14. The van der Waals surface area contributed by atoms with Crippen molar-refractivity contribution in [3.63, 3.8) is 0 Å². The zero-order chi connectivity index (χ0) is 17.1. The summed E-state index contributed by atoms with van der Waals surface area (Å²) >= 11 is 0. The molecule has 2 saturated heterocycles. The monoisotopic (exact) mass is 339 g/mol. The van der Waals surface area contributed by atoms with E-state index in [1.54, 1.807) is 23.4 Å². The number of carbonyl (C=O) groups is 1. The molecule has 1 aromatic heterocycles. The van der Waals surface area contributed by atoms with Gasteiger partial charge in [0.1, 0.15) is 6.10 Å². The molecule has 7 nitrogen and oxygen atoms in total. The number of ether oxygens (including phenoxy) is 1. The average molecular weight is 339 g/mol. The second-order valence-electron chi connectivity index (χ2n) is 6.50. The maximum absolute atomic E-state index is 12.1. The van der Waals surface area contributed by atoms with Gasteiger partial charge in [0.25, 0.3) is 0 Å². The van der Waals surface area contributed by atoms with E-state index in [0.29, 0.717) is 19.0 Å². The largest absolute Gasteiger partial charge is 0.443 e. The quantitative estimate of drug-likeness (QED) is 0.892. The Kier molecular flexibility index (Phi) is 4.47. The SMILES string of the molecule is O=C(OC1CN(Cc2ccccc2)C1)N1CC(Nc2ncccn2)C1. The van der Waals surface area contributed by atoms with Crippen molar-refractivity contribution >= 4 is 12.0 Å². The maximum Gasteiger partial charge on any atom is 0.410 e. The van der Waals surface area contributed by atoms with Gasteiger partial charge >= 0.3 is 6.09 Å². The molecule has 130 valence electrons. The minimum Gasteiger partial charge on any atom is -0.443 e. The van der Waals surface area contributed by atoms with Gasteiger partial charge in [-0.05, 0) is 11.6 Å². The number of hydrogen-bond donors (Lipinski definition) is 1. The van der Waals surface area contributed by atoms with Crippen molar-refractivity contribution in [2.75, 3.05) is 31.5 Å². The second kappa shape index (κ2) is 7.06. The lowest BCUT2D eigenvalue weighted by Crippen LogP contribution is -2.60. The van der Waals surface area contributed by atoms with E-state index < -0.39 is 0 Å². The van der Waals surface area contributed by atoms with Gasteiger partial charge in [-0.1, -0.05) is 30.3 Å². The Hall–Kier alpha value is -2.67. The number of nitrogens with zero attached hydrogens (tertiary/aromatic N) is 4. The van der Waals surface area contributed by atoms with Crippen LogP contribution in [0.15, 0.2) is 48.8 Å². The van der Waals surface area contributed by atoms with Gasteiger partial charge < -0.3 is 15.0 Å². The highest BCUT2D eigenvalue weighted by molar-refractivity contribution is 5.69. The fourth-order valence-corrected chi connectivity index (χ4v) is 3.06. The fraction of sp³-hybridized carbons (Fsp3) is 0.389. The molecule has 2 aliphatic rings. The minimum absolute atomic E-state index is 0.000628. The first-order chi connectivity index (χ1) is 12.3. The predicted octanol–water partition coefficient (Wildman–Crippen LogP) is 1.59. The molecular formula is C18H21N5O2. The van der Waals surface area contributed by atoms with Crippen LogP contribution in [0.3, 0.4) is 0 Å². The Morgan fingerprint density at radius 2 is 1.80 bits per heavy atom. The second-order valence-corrected chi connectivity index (χ2v) is 6.50. The third kappa shape index (κ3) is 3.88. The first-order valence-corrected chi connectivity index (χ1v) is 8.51. The molecule has 1 amide bonds. The zero-order valence-electron chi connectivity index (χ0n) is 13.9. The Labute approximate surface area is 146 Å². The summed E-state index contributed by atoms with van der Waals surface area (Å²) in [5.74, 6) is 0.594. The van der Waals surface area contributed by atoms with Crippen molar-refractivity contribution in [2.24, 2.45) is 0 Å². The third-order valence-electron chi connectivity index (χ3n) is 4.48. The summed E-state index contributed by atoms with van der Waals surface area (Å²) in [6.07, 6.45) is 3.16. The summed E-state index contributed by atoms with van der Waals surface area (Å²) in [4.78, 5) is 24.3. The summed E-state index contributed by atoms with van der Waals surface area (Å²) < 4.78 is 5.54. The number of anilines is 1. The van der Waals surface area contributed by atoms with Crippen molar-refractivity contribution in [3.05, 3.63) is 54.4 Å². The molecule has 0 aliphatic carbocycles. The highest BCUT2D eigenvalue weighted by Crippen LogP contribution is 2.19. The van der Waals surface area contributed by atoms with E-state index >= 15 is 0 Å². The molecule has 2 aromatic rings. The standard InChI is InChI=1S/C18H21N5O2/c24-18(23-10-15(11-23)21-17-19-7-4-8-20-17)25-16-12-22(13-16)9-14-5-2-1-3-6-14/h1-8,15-16H,9-13H2,(H,19,20,21). The molecule has 0 bridgehead atoms. The van der Waals surface area contributed by atoms with E-state index in [-0.39, 0.29) is 18.2 Å². The van der Waals surface area contributed by atoms with E-state index in [1.807, 2.05) is 18.2 Å². The van der Waals surface area contributed by atoms with Crippen molar-refractivity contribution in [1.82, 2.24) is 19.8 Å². The zero-order valence-corrected chi connectivity index (χ0v) is 13.9. The fourth-order valence-electron chi connectivity index (χ4n) is 3.06. The smallest absolute Gasteiger partial charge is 0.410 e. The lowest BCUT2D eigenvalue weighted by molar-refractivity contribution is -0.0367. The number of rotatable bonds is 5. The number of carbonyl (C=O) groups excluding carboxylic acids is 1. The van der Waals surface area contributed by atoms with Crippen LogP contribution in [0.25, 0.3) is 0 Å². The van der Waals surface area contributed by atoms with Crippen LogP contribution in [0.2, 0.25) is 0 Å². The number of likely N-dealkylation sites (tertiary alicyclic amines) is 2. The highest BCUT2D eigenvalue weighted by Gasteiger charge is 2.36. The molecule has 0 spiro atoms. The number of amides is 1. The van der Waals surface area contributed by atoms with Crippen LogP contribution in [0.5, 0.6) is 0 Å². The topological polar surface area (TPSA) is 70.6 Å². The molecular weight excluding hydrogens is 318 g/mol. The molecule has 4 rings (SSSR count). The van der Waals surface area contributed by atoms with Crippen LogP contribution < -0.4 is 5.32 Å². The molecule has 2 aliphatic heterocycles. The van der Waals surface area contributed by atoms with Crippen molar-refractivity contribution < 1.29 is 9.53 Å². The number of hydrogen-bond acceptors (Lipinski definition) is 6. The first kappa shape index (κ1) is 15.8. The van der Waals surface area contributed by atoms with Gasteiger partial charge in [-0.15, -0.1) is 0 Å². The maximum atomic E-state index is 12.1. The number of benzene rings is 1. The lowest BCUT2D eigenvalue weighted by Gasteiger charge is -2.42. The Bertz CT molecular complexity index is 700. The van der Waals surface area contributed by atoms with E-state index in [4.69, 9.17) is 4.74 Å². The third-order valence-corrected chi connectivity index (χ3v) is 4.48. The average Bonchev–Trinajstić information content (AvgIpc) is 2.57. The lowest BCUT2D eigenvalue weighted by atomic mass is 10.1. The molecule has 0 radical (unpaired) electrons. The molecule has 7 heteroatoms. The predicted molar refractivity (Wildman–Crippen MR) is 93.0 cm³/mol. The molecule has 0 saturated carbocycles. The summed E-state index contributed by atoms with van der Waals surface area (Å²) in [5, 5.41) is 3.20. The first-order valence-electron chi connectivity index (χ1n) is 8.51. The van der Waals surface area contributed by atoms with Gasteiger partial charge in [0.15, 0.2) is 0 Å². The Morgan fingerprint density at radius 1 is 1.08 bits per heavy atom. The molecule has 25 heavy (non-hydrogen) atoms. The van der Waals surface area contributed by atoms with Crippen LogP contribution >= 0.6 is 0 Å². The minimum atomic E-state index is -0.226. The van der Waals surface area contributed by atoms with E-state index in [0.717, 1.165) is 19.6 Å². The molecule has 1 aromatic carbocycles. The van der Waals surface area contributed by atoms with Crippen LogP contribution in [0.4, 0.5) is 10.7 Å². The molecule has 0 unspecified atom stereocenters. The van der Waals surface area contributed by atoms with E-state index in [9.17, 15) is 4.79 Å². The summed E-state index contributed by atoms with van der Waals surface area (Å²) in [7, 11) is 0. The van der Waals surface area contributed by atoms with Crippen molar-refractivity contribution in [1.29, 1.82) is 0 Å². The molecule has 3 heterocycles. The van der Waals surface area contributed by atoms with Gasteiger partial charge in [0.05, 0.1) is 6.04 Å². The van der Waals surface area contributed by atoms with E-state index in [1.165, 1.54) is 5.56 Å². The van der Waals surface area contributed by atoms with Crippen LogP contribution in [-0.2, 0) is 11.3 Å². The number of nitrogens with one attached hydrogen (secondary N) is 1. The van der Waals surface area contributed by atoms with Crippen LogP contribution in [0.1, 0.15) is 5.56 Å². The van der Waals surface area contributed by atoms with Crippen molar-refractivity contribution in [3.8, 4) is 0 Å². The normalized spacial score (nSPS) is 18.3. The van der Waals surface area contributed by atoms with Crippen LogP contribution in [-0.4, -0.2) is 64.2 Å². The summed E-state index contributed by atoms with van der Waals surface area (Å²) in [5.41, 5.74) is 1.28. The van der Waals surface area contributed by atoms with E-state index in [2.05, 4.69) is 32.3 Å². The van der Waals surface area contributed by atoms with Gasteiger partial charge in [-0.3, -0.25) is 4.90 Å². The molecule has 1 N–H and O–H groups in total. The summed E-state index contributed by atoms with van der Waals surface area (Å²) in [6, 6.07) is 12.3. The van der Waals surface area contributed by atoms with Crippen molar-refractivity contribution in [2.45, 2.75) is 18.7 Å². The molecule has 0 atom stereocenters. The Morgan fingerprint density at radius 3 is 2.52 bits per heavy atom. The van der Waals surface area contributed by atoms with Gasteiger partial charge in [0, 0.05) is 45.1 Å². The van der Waals surface area contributed by atoms with Gasteiger partial charge in [0.2, 0.25) is 5.95 Å². The van der Waals surface area contributed by atoms with Gasteiger partial charge in [-0.2, -0.15) is 0 Å².